The Kier molecular flexibility index (Phi) is 3.53. The molecule has 1 fully saturated rings. The van der Waals surface area contributed by atoms with E-state index < -0.39 is 0 Å². The number of nitrogens with two attached hydrogens (primary N) is 1. The first-order valence-electron chi connectivity index (χ1n) is 7.45. The number of hydrogen-bond donors (Lipinski definition) is 1. The molecule has 0 radical (unpaired) electrons. The molecule has 0 amide bonds. The van der Waals surface area contributed by atoms with Crippen molar-refractivity contribution in [2.75, 3.05) is 23.7 Å². The van der Waals surface area contributed by atoms with Crippen molar-refractivity contribution in [2.24, 2.45) is 5.92 Å². The Morgan fingerprint density at radius 2 is 1.81 bits per heavy atom. The summed E-state index contributed by atoms with van der Waals surface area (Å²) in [5, 5.41) is 4.47. The summed E-state index contributed by atoms with van der Waals surface area (Å²) in [7, 11) is 0. The Morgan fingerprint density at radius 3 is 2.43 bits per heavy atom. The lowest BCUT2D eigenvalue weighted by Gasteiger charge is -2.32. The molecule has 1 aliphatic heterocycles. The smallest absolute Gasteiger partial charge is 0.182 e. The molecular weight excluding hydrogens is 264 g/mol. The topological polar surface area (TPSA) is 72.9 Å². The molecule has 3 rings (SSSR count). The van der Waals surface area contributed by atoms with Gasteiger partial charge in [-0.05, 0) is 38.7 Å². The van der Waals surface area contributed by atoms with Gasteiger partial charge in [0, 0.05) is 18.8 Å². The van der Waals surface area contributed by atoms with Crippen LogP contribution in [0.25, 0.3) is 5.82 Å². The van der Waals surface area contributed by atoms with Gasteiger partial charge in [0.15, 0.2) is 11.6 Å². The third kappa shape index (κ3) is 2.57. The molecule has 0 bridgehead atoms. The first-order valence-corrected chi connectivity index (χ1v) is 7.45. The highest BCUT2D eigenvalue weighted by atomic mass is 15.3. The van der Waals surface area contributed by atoms with Crippen LogP contribution in [0.15, 0.2) is 12.4 Å². The minimum absolute atomic E-state index is 0.609. The molecular formula is C15H22N6. The quantitative estimate of drug-likeness (QED) is 0.915. The SMILES string of the molecule is Cc1cc(C)n(-c2ncnc(N3CCC(C)CC3)c2N)n1. The van der Waals surface area contributed by atoms with Crippen LogP contribution in [0.4, 0.5) is 11.5 Å². The molecule has 0 atom stereocenters. The number of rotatable bonds is 2. The van der Waals surface area contributed by atoms with Crippen molar-refractivity contribution in [3.05, 3.63) is 23.8 Å². The largest absolute Gasteiger partial charge is 0.393 e. The fraction of sp³-hybridized carbons (Fsp3) is 0.533. The molecule has 6 heteroatoms. The van der Waals surface area contributed by atoms with Crippen LogP contribution in [0, 0.1) is 19.8 Å². The molecule has 1 saturated heterocycles. The molecule has 0 aliphatic carbocycles. The summed E-state index contributed by atoms with van der Waals surface area (Å²) in [6.07, 6.45) is 3.94. The molecule has 112 valence electrons. The summed E-state index contributed by atoms with van der Waals surface area (Å²) < 4.78 is 1.79. The van der Waals surface area contributed by atoms with Crippen LogP contribution in [-0.4, -0.2) is 32.8 Å². The van der Waals surface area contributed by atoms with Gasteiger partial charge in [0.25, 0.3) is 0 Å². The summed E-state index contributed by atoms with van der Waals surface area (Å²) in [5.41, 5.74) is 8.92. The average molecular weight is 286 g/mol. The molecule has 6 nitrogen and oxygen atoms in total. The third-order valence-electron chi connectivity index (χ3n) is 4.14. The van der Waals surface area contributed by atoms with E-state index in [4.69, 9.17) is 5.73 Å². The number of aryl methyl sites for hydroxylation is 2. The Balaban J connectivity index is 1.97. The summed E-state index contributed by atoms with van der Waals surface area (Å²) >= 11 is 0. The summed E-state index contributed by atoms with van der Waals surface area (Å²) in [4.78, 5) is 11.0. The minimum Gasteiger partial charge on any atom is -0.393 e. The summed E-state index contributed by atoms with van der Waals surface area (Å²) in [5.74, 6) is 2.28. The second kappa shape index (κ2) is 5.35. The molecule has 1 aliphatic rings. The van der Waals surface area contributed by atoms with Crippen LogP contribution in [0.5, 0.6) is 0 Å². The zero-order valence-electron chi connectivity index (χ0n) is 12.9. The van der Waals surface area contributed by atoms with Gasteiger partial charge in [-0.15, -0.1) is 0 Å². The lowest BCUT2D eigenvalue weighted by molar-refractivity contribution is 0.436. The van der Waals surface area contributed by atoms with Crippen LogP contribution < -0.4 is 10.6 Å². The zero-order chi connectivity index (χ0) is 15.0. The van der Waals surface area contributed by atoms with Crippen molar-refractivity contribution in [3.8, 4) is 5.82 Å². The maximum absolute atomic E-state index is 6.33. The van der Waals surface area contributed by atoms with E-state index in [1.54, 1.807) is 11.0 Å². The van der Waals surface area contributed by atoms with E-state index in [2.05, 4.69) is 26.9 Å². The number of nitrogen functional groups attached to an aromatic ring is 1. The van der Waals surface area contributed by atoms with Crippen molar-refractivity contribution < 1.29 is 0 Å². The predicted molar refractivity (Wildman–Crippen MR) is 83.7 cm³/mol. The van der Waals surface area contributed by atoms with Gasteiger partial charge in [-0.3, -0.25) is 0 Å². The van der Waals surface area contributed by atoms with E-state index in [0.29, 0.717) is 11.5 Å². The van der Waals surface area contributed by atoms with Gasteiger partial charge in [-0.1, -0.05) is 6.92 Å². The van der Waals surface area contributed by atoms with E-state index in [1.165, 1.54) is 12.8 Å². The van der Waals surface area contributed by atoms with Gasteiger partial charge in [-0.25, -0.2) is 14.6 Å². The molecule has 0 spiro atoms. The Morgan fingerprint density at radius 1 is 1.14 bits per heavy atom. The first-order chi connectivity index (χ1) is 10.1. The van der Waals surface area contributed by atoms with Crippen molar-refractivity contribution in [1.29, 1.82) is 0 Å². The van der Waals surface area contributed by atoms with Gasteiger partial charge in [0.2, 0.25) is 0 Å². The molecule has 2 aromatic heterocycles. The van der Waals surface area contributed by atoms with Crippen molar-refractivity contribution in [3.63, 3.8) is 0 Å². The molecule has 0 aromatic carbocycles. The Bertz CT molecular complexity index is 640. The van der Waals surface area contributed by atoms with E-state index in [-0.39, 0.29) is 0 Å². The summed E-state index contributed by atoms with van der Waals surface area (Å²) in [6, 6.07) is 2.02. The Hall–Kier alpha value is -2.11. The van der Waals surface area contributed by atoms with Crippen molar-refractivity contribution in [2.45, 2.75) is 33.6 Å². The normalized spacial score (nSPS) is 16.4. The minimum atomic E-state index is 0.609. The monoisotopic (exact) mass is 286 g/mol. The van der Waals surface area contributed by atoms with Crippen LogP contribution >= 0.6 is 0 Å². The molecule has 0 unspecified atom stereocenters. The van der Waals surface area contributed by atoms with Gasteiger partial charge in [-0.2, -0.15) is 5.10 Å². The zero-order valence-corrected chi connectivity index (χ0v) is 12.9. The fourth-order valence-electron chi connectivity index (χ4n) is 2.86. The molecule has 3 heterocycles. The van der Waals surface area contributed by atoms with Crippen LogP contribution in [-0.2, 0) is 0 Å². The maximum atomic E-state index is 6.33. The molecule has 21 heavy (non-hydrogen) atoms. The van der Waals surface area contributed by atoms with Gasteiger partial charge in [0.1, 0.15) is 12.0 Å². The molecule has 0 saturated carbocycles. The third-order valence-corrected chi connectivity index (χ3v) is 4.14. The average Bonchev–Trinajstić information content (AvgIpc) is 2.79. The highest BCUT2D eigenvalue weighted by Gasteiger charge is 2.21. The highest BCUT2D eigenvalue weighted by Crippen LogP contribution is 2.29. The number of hydrogen-bond acceptors (Lipinski definition) is 5. The van der Waals surface area contributed by atoms with Crippen molar-refractivity contribution in [1.82, 2.24) is 19.7 Å². The van der Waals surface area contributed by atoms with Gasteiger partial charge < -0.3 is 10.6 Å². The van der Waals surface area contributed by atoms with Crippen molar-refractivity contribution >= 4 is 11.5 Å². The number of anilines is 2. The maximum Gasteiger partial charge on any atom is 0.182 e. The van der Waals surface area contributed by atoms with E-state index >= 15 is 0 Å². The number of aromatic nitrogens is 4. The van der Waals surface area contributed by atoms with Gasteiger partial charge >= 0.3 is 0 Å². The number of nitrogens with zero attached hydrogens (tertiary/aromatic N) is 5. The van der Waals surface area contributed by atoms with Gasteiger partial charge in [0.05, 0.1) is 5.69 Å². The lowest BCUT2D eigenvalue weighted by atomic mass is 9.99. The summed E-state index contributed by atoms with van der Waals surface area (Å²) in [6.45, 7) is 8.26. The van der Waals surface area contributed by atoms with Crippen LogP contribution in [0.3, 0.4) is 0 Å². The lowest BCUT2D eigenvalue weighted by Crippen LogP contribution is -2.34. The second-order valence-corrected chi connectivity index (χ2v) is 5.94. The second-order valence-electron chi connectivity index (χ2n) is 5.94. The molecule has 2 aromatic rings. The standard InChI is InChI=1S/C15H22N6/c1-10-4-6-20(7-5-10)14-13(16)15(18-9-17-14)21-12(3)8-11(2)19-21/h8-10H,4-7,16H2,1-3H3. The fourth-order valence-corrected chi connectivity index (χ4v) is 2.86. The first kappa shape index (κ1) is 13.9. The Labute approximate surface area is 125 Å². The van der Waals surface area contributed by atoms with Crippen LogP contribution in [0.1, 0.15) is 31.2 Å². The predicted octanol–water partition coefficient (Wildman–Crippen LogP) is 2.10. The van der Waals surface area contributed by atoms with E-state index in [1.807, 2.05) is 19.9 Å². The van der Waals surface area contributed by atoms with E-state index in [9.17, 15) is 0 Å². The van der Waals surface area contributed by atoms with E-state index in [0.717, 1.165) is 36.2 Å². The number of piperidine rings is 1. The van der Waals surface area contributed by atoms with Crippen LogP contribution in [0.2, 0.25) is 0 Å². The highest BCUT2D eigenvalue weighted by molar-refractivity contribution is 5.70. The molecule has 2 N–H and O–H groups in total.